The number of hydrogen-bond donors (Lipinski definition) is 2. The zero-order valence-corrected chi connectivity index (χ0v) is 13.1. The first kappa shape index (κ1) is 18.5. The average Bonchev–Trinajstić information content (AvgIpc) is 2.27. The summed E-state index contributed by atoms with van der Waals surface area (Å²) in [4.78, 5) is 11.1. The van der Waals surface area contributed by atoms with Crippen molar-refractivity contribution in [1.29, 1.82) is 0 Å². The van der Waals surface area contributed by atoms with Gasteiger partial charge in [-0.3, -0.25) is 10.1 Å². The Morgan fingerprint density at radius 1 is 1.42 bits per heavy atom. The second-order valence-corrected chi connectivity index (χ2v) is 5.08. The lowest BCUT2D eigenvalue weighted by molar-refractivity contribution is -0.139. The molecule has 0 fully saturated rings. The topological polar surface area (TPSA) is 49.3 Å². The molecule has 1 aromatic rings. The predicted octanol–water partition coefficient (Wildman–Crippen LogP) is 4.32. The number of nitrogens with one attached hydrogen (secondary N) is 1. The van der Waals surface area contributed by atoms with Crippen LogP contribution in [0.2, 0.25) is 10.0 Å². The molecule has 1 rings (SSSR count). The first-order valence-corrected chi connectivity index (χ1v) is 6.65. The van der Waals surface area contributed by atoms with Gasteiger partial charge in [-0.25, -0.2) is 0 Å². The van der Waals surface area contributed by atoms with Gasteiger partial charge in [0.25, 0.3) is 0 Å². The van der Waals surface area contributed by atoms with Gasteiger partial charge in [0.05, 0.1) is 0 Å². The zero-order chi connectivity index (χ0) is 13.7. The van der Waals surface area contributed by atoms with E-state index in [1.165, 1.54) is 0 Å². The smallest absolute Gasteiger partial charge is 0.320 e. The average molecular weight is 327 g/mol. The summed E-state index contributed by atoms with van der Waals surface area (Å²) >= 11 is 11.9. The van der Waals surface area contributed by atoms with Crippen molar-refractivity contribution in [1.82, 2.24) is 5.32 Å². The number of hydrogen-bond acceptors (Lipinski definition) is 2. The van der Waals surface area contributed by atoms with E-state index in [-0.39, 0.29) is 18.4 Å². The van der Waals surface area contributed by atoms with Gasteiger partial charge in [0.15, 0.2) is 0 Å². The Hall–Kier alpha value is -0.480. The van der Waals surface area contributed by atoms with Gasteiger partial charge in [0, 0.05) is 16.1 Å². The number of benzene rings is 1. The minimum atomic E-state index is -0.839. The normalized spacial score (nSPS) is 13.5. The molecule has 2 N–H and O–H groups in total. The maximum absolute atomic E-state index is 11.1. The first-order valence-electron chi connectivity index (χ1n) is 5.89. The molecule has 0 aliphatic carbocycles. The first-order chi connectivity index (χ1) is 8.45. The van der Waals surface area contributed by atoms with Crippen LogP contribution in [0.1, 0.15) is 38.3 Å². The van der Waals surface area contributed by atoms with Gasteiger partial charge in [-0.1, -0.05) is 42.6 Å². The van der Waals surface area contributed by atoms with Crippen LogP contribution in [-0.2, 0) is 4.79 Å². The largest absolute Gasteiger partial charge is 0.480 e. The molecule has 0 saturated heterocycles. The van der Waals surface area contributed by atoms with Crippen LogP contribution in [0.4, 0.5) is 0 Å². The van der Waals surface area contributed by atoms with Crippen molar-refractivity contribution in [3.05, 3.63) is 33.8 Å². The minimum Gasteiger partial charge on any atom is -0.480 e. The number of carboxylic acids is 1. The summed E-state index contributed by atoms with van der Waals surface area (Å²) in [5.41, 5.74) is 0.850. The molecular weight excluding hydrogens is 309 g/mol. The Bertz CT molecular complexity index is 426. The summed E-state index contributed by atoms with van der Waals surface area (Å²) in [5.74, 6) is -0.839. The highest BCUT2D eigenvalue weighted by atomic mass is 35.5. The third-order valence-electron chi connectivity index (χ3n) is 2.76. The molecule has 6 heteroatoms. The molecule has 0 amide bonds. The fourth-order valence-electron chi connectivity index (χ4n) is 1.81. The van der Waals surface area contributed by atoms with Crippen molar-refractivity contribution < 1.29 is 9.90 Å². The number of carbonyl (C=O) groups is 1. The van der Waals surface area contributed by atoms with Crippen LogP contribution in [0, 0.1) is 0 Å². The molecule has 0 heterocycles. The highest BCUT2D eigenvalue weighted by Crippen LogP contribution is 2.26. The Kier molecular flexibility index (Phi) is 8.42. The van der Waals surface area contributed by atoms with E-state index in [9.17, 15) is 4.79 Å². The Labute approximate surface area is 129 Å². The van der Waals surface area contributed by atoms with Crippen LogP contribution in [0.15, 0.2) is 18.2 Å². The van der Waals surface area contributed by atoms with Gasteiger partial charge < -0.3 is 5.11 Å². The van der Waals surface area contributed by atoms with E-state index in [0.29, 0.717) is 16.5 Å². The third kappa shape index (κ3) is 5.57. The molecule has 2 atom stereocenters. The van der Waals surface area contributed by atoms with Gasteiger partial charge in [0.2, 0.25) is 0 Å². The molecule has 0 saturated carbocycles. The molecule has 3 nitrogen and oxygen atoms in total. The summed E-state index contributed by atoms with van der Waals surface area (Å²) in [6.45, 7) is 3.85. The molecule has 1 aromatic carbocycles. The van der Waals surface area contributed by atoms with Crippen molar-refractivity contribution >= 4 is 41.6 Å². The minimum absolute atomic E-state index is 0. The molecule has 0 spiro atoms. The van der Waals surface area contributed by atoms with Crippen LogP contribution in [0.3, 0.4) is 0 Å². The van der Waals surface area contributed by atoms with Crippen molar-refractivity contribution in [3.8, 4) is 0 Å². The van der Waals surface area contributed by atoms with Crippen molar-refractivity contribution in [2.45, 2.75) is 38.8 Å². The monoisotopic (exact) mass is 325 g/mol. The SMILES string of the molecule is CCCC(NC(C)c1ccc(Cl)cc1Cl)C(=O)O.Cl. The molecule has 0 aromatic heterocycles. The molecule has 0 aliphatic rings. The zero-order valence-electron chi connectivity index (χ0n) is 10.8. The Morgan fingerprint density at radius 2 is 2.05 bits per heavy atom. The van der Waals surface area contributed by atoms with Gasteiger partial charge in [-0.05, 0) is 31.0 Å². The maximum atomic E-state index is 11.1. The summed E-state index contributed by atoms with van der Waals surface area (Å²) in [5, 5.41) is 13.3. The standard InChI is InChI=1S/C13H17Cl2NO2.ClH/c1-3-4-12(13(17)18)16-8(2)10-6-5-9(14)7-11(10)15;/h5-8,12,16H,3-4H2,1-2H3,(H,17,18);1H. The molecule has 2 unspecified atom stereocenters. The molecule has 0 aliphatic heterocycles. The van der Waals surface area contributed by atoms with Crippen molar-refractivity contribution in [2.24, 2.45) is 0 Å². The van der Waals surface area contributed by atoms with Crippen molar-refractivity contribution in [2.75, 3.05) is 0 Å². The molecule has 0 radical (unpaired) electrons. The second kappa shape index (κ2) is 8.64. The van der Waals surface area contributed by atoms with E-state index in [4.69, 9.17) is 28.3 Å². The van der Waals surface area contributed by atoms with Crippen LogP contribution < -0.4 is 5.32 Å². The summed E-state index contributed by atoms with van der Waals surface area (Å²) in [6.07, 6.45) is 1.40. The number of rotatable bonds is 6. The summed E-state index contributed by atoms with van der Waals surface area (Å²) < 4.78 is 0. The lowest BCUT2D eigenvalue weighted by Crippen LogP contribution is -2.38. The summed E-state index contributed by atoms with van der Waals surface area (Å²) in [6, 6.07) is 4.52. The van der Waals surface area contributed by atoms with E-state index in [1.807, 2.05) is 19.9 Å². The van der Waals surface area contributed by atoms with E-state index in [1.54, 1.807) is 12.1 Å². The van der Waals surface area contributed by atoms with Crippen LogP contribution in [0.5, 0.6) is 0 Å². The van der Waals surface area contributed by atoms with Crippen molar-refractivity contribution in [3.63, 3.8) is 0 Å². The van der Waals surface area contributed by atoms with E-state index in [2.05, 4.69) is 5.32 Å². The maximum Gasteiger partial charge on any atom is 0.320 e. The second-order valence-electron chi connectivity index (χ2n) is 4.23. The predicted molar refractivity (Wildman–Crippen MR) is 81.6 cm³/mol. The van der Waals surface area contributed by atoms with Crippen LogP contribution in [0.25, 0.3) is 0 Å². The number of carboxylic acid groups (broad SMARTS) is 1. The molecular formula is C13H18Cl3NO2. The fourth-order valence-corrected chi connectivity index (χ4v) is 2.38. The van der Waals surface area contributed by atoms with E-state index < -0.39 is 12.0 Å². The number of halogens is 3. The van der Waals surface area contributed by atoms with Gasteiger partial charge in [-0.2, -0.15) is 0 Å². The van der Waals surface area contributed by atoms with Gasteiger partial charge in [0.1, 0.15) is 6.04 Å². The van der Waals surface area contributed by atoms with Crippen LogP contribution in [-0.4, -0.2) is 17.1 Å². The van der Waals surface area contributed by atoms with E-state index in [0.717, 1.165) is 12.0 Å². The Morgan fingerprint density at radius 3 is 2.53 bits per heavy atom. The van der Waals surface area contributed by atoms with Gasteiger partial charge >= 0.3 is 5.97 Å². The van der Waals surface area contributed by atoms with Crippen LogP contribution >= 0.6 is 35.6 Å². The number of aliphatic carboxylic acids is 1. The van der Waals surface area contributed by atoms with Gasteiger partial charge in [-0.15, -0.1) is 12.4 Å². The lowest BCUT2D eigenvalue weighted by atomic mass is 10.1. The molecule has 19 heavy (non-hydrogen) atoms. The quantitative estimate of drug-likeness (QED) is 0.818. The lowest BCUT2D eigenvalue weighted by Gasteiger charge is -2.21. The third-order valence-corrected chi connectivity index (χ3v) is 3.32. The fraction of sp³-hybridized carbons (Fsp3) is 0.462. The highest BCUT2D eigenvalue weighted by molar-refractivity contribution is 6.35. The highest BCUT2D eigenvalue weighted by Gasteiger charge is 2.20. The molecule has 108 valence electrons. The summed E-state index contributed by atoms with van der Waals surface area (Å²) in [7, 11) is 0. The Balaban J connectivity index is 0.00000324. The molecule has 0 bridgehead atoms. The van der Waals surface area contributed by atoms with E-state index >= 15 is 0 Å².